The second-order valence-electron chi connectivity index (χ2n) is 7.54. The molecule has 1 unspecified atom stereocenters. The number of amides is 3. The summed E-state index contributed by atoms with van der Waals surface area (Å²) in [6, 6.07) is 7.73. The van der Waals surface area contributed by atoms with Crippen LogP contribution < -0.4 is 10.2 Å². The lowest BCUT2D eigenvalue weighted by molar-refractivity contribution is -0.130. The van der Waals surface area contributed by atoms with E-state index in [1.54, 1.807) is 4.90 Å². The normalized spacial score (nSPS) is 23.9. The van der Waals surface area contributed by atoms with Gasteiger partial charge in [0.2, 0.25) is 17.7 Å². The molecule has 6 heteroatoms. The van der Waals surface area contributed by atoms with Crippen molar-refractivity contribution in [3.05, 3.63) is 24.3 Å². The molecule has 1 N–H and O–H groups in total. The molecule has 0 bridgehead atoms. The number of rotatable bonds is 4. The Morgan fingerprint density at radius 2 is 1.81 bits per heavy atom. The van der Waals surface area contributed by atoms with Crippen LogP contribution in [0.1, 0.15) is 44.9 Å². The lowest BCUT2D eigenvalue weighted by Crippen LogP contribution is -2.35. The summed E-state index contributed by atoms with van der Waals surface area (Å²) in [5, 5.41) is 2.97. The molecule has 3 aliphatic rings. The first-order chi connectivity index (χ1) is 12.6. The fraction of sp³-hybridized carbons (Fsp3) is 0.550. The summed E-state index contributed by atoms with van der Waals surface area (Å²) in [7, 11) is 0. The molecule has 3 amide bonds. The number of benzene rings is 1. The highest BCUT2D eigenvalue weighted by Gasteiger charge is 2.39. The monoisotopic (exact) mass is 355 g/mol. The molecule has 1 aromatic carbocycles. The number of hydrogen-bond acceptors (Lipinski definition) is 3. The third-order valence-corrected chi connectivity index (χ3v) is 5.82. The Morgan fingerprint density at radius 1 is 1.04 bits per heavy atom. The molecule has 3 fully saturated rings. The van der Waals surface area contributed by atoms with Gasteiger partial charge in [-0.1, -0.05) is 25.0 Å². The fourth-order valence-corrected chi connectivity index (χ4v) is 4.43. The Bertz CT molecular complexity index is 727. The van der Waals surface area contributed by atoms with Gasteiger partial charge in [0.15, 0.2) is 0 Å². The molecule has 1 atom stereocenters. The number of nitrogens with one attached hydrogen (secondary N) is 1. The molecule has 2 aliphatic heterocycles. The fourth-order valence-electron chi connectivity index (χ4n) is 4.43. The molecule has 0 radical (unpaired) electrons. The maximum atomic E-state index is 12.8. The van der Waals surface area contributed by atoms with Crippen LogP contribution in [0.2, 0.25) is 0 Å². The van der Waals surface area contributed by atoms with Crippen LogP contribution in [-0.4, -0.2) is 41.8 Å². The van der Waals surface area contributed by atoms with Gasteiger partial charge in [-0.25, -0.2) is 0 Å². The van der Waals surface area contributed by atoms with E-state index in [0.717, 1.165) is 24.9 Å². The Morgan fingerprint density at radius 3 is 2.54 bits per heavy atom. The summed E-state index contributed by atoms with van der Waals surface area (Å²) in [5.74, 6) is -0.251. The van der Waals surface area contributed by atoms with Gasteiger partial charge in [-0.3, -0.25) is 14.4 Å². The molecule has 6 nitrogen and oxygen atoms in total. The van der Waals surface area contributed by atoms with E-state index in [4.69, 9.17) is 0 Å². The Balaban J connectivity index is 1.45. The highest BCUT2D eigenvalue weighted by Crippen LogP contribution is 2.32. The minimum atomic E-state index is -0.314. The van der Waals surface area contributed by atoms with Crippen molar-refractivity contribution in [3.63, 3.8) is 0 Å². The van der Waals surface area contributed by atoms with Gasteiger partial charge in [0.25, 0.3) is 0 Å². The van der Waals surface area contributed by atoms with Gasteiger partial charge in [-0.15, -0.1) is 0 Å². The van der Waals surface area contributed by atoms with Gasteiger partial charge in [0, 0.05) is 32.0 Å². The molecule has 0 spiro atoms. The molecule has 0 aromatic heterocycles. The standard InChI is InChI=1S/C20H25N3O3/c24-18-10-5-11-22(18)17-9-4-3-8-16(17)21-20(26)14-12-19(25)23(13-14)15-6-1-2-7-15/h3-4,8-9,14-15H,1-2,5-7,10-13H2,(H,21,26). The molecular formula is C20H25N3O3. The van der Waals surface area contributed by atoms with Crippen molar-refractivity contribution >= 4 is 29.1 Å². The summed E-state index contributed by atoms with van der Waals surface area (Å²) in [6.07, 6.45) is 6.13. The maximum absolute atomic E-state index is 12.8. The Kier molecular flexibility index (Phi) is 4.66. The van der Waals surface area contributed by atoms with E-state index in [9.17, 15) is 14.4 Å². The van der Waals surface area contributed by atoms with Crippen LogP contribution in [0.3, 0.4) is 0 Å². The summed E-state index contributed by atoms with van der Waals surface area (Å²) >= 11 is 0. The SMILES string of the molecule is O=C(Nc1ccccc1N1CCCC1=O)C1CC(=O)N(C2CCCC2)C1. The number of carbonyl (C=O) groups excluding carboxylic acids is 3. The van der Waals surface area contributed by atoms with Crippen molar-refractivity contribution in [2.45, 2.75) is 51.0 Å². The third-order valence-electron chi connectivity index (χ3n) is 5.82. The van der Waals surface area contributed by atoms with Crippen LogP contribution >= 0.6 is 0 Å². The first-order valence-electron chi connectivity index (χ1n) is 9.63. The topological polar surface area (TPSA) is 69.7 Å². The van der Waals surface area contributed by atoms with E-state index in [2.05, 4.69) is 5.32 Å². The summed E-state index contributed by atoms with van der Waals surface area (Å²) in [6.45, 7) is 1.20. The summed E-state index contributed by atoms with van der Waals surface area (Å²) < 4.78 is 0. The number of nitrogens with zero attached hydrogens (tertiary/aromatic N) is 2. The molecular weight excluding hydrogens is 330 g/mol. The van der Waals surface area contributed by atoms with E-state index in [1.807, 2.05) is 29.2 Å². The Labute approximate surface area is 153 Å². The molecule has 2 heterocycles. The summed E-state index contributed by atoms with van der Waals surface area (Å²) in [4.78, 5) is 40.8. The van der Waals surface area contributed by atoms with Gasteiger partial charge in [-0.2, -0.15) is 0 Å². The van der Waals surface area contributed by atoms with Crippen molar-refractivity contribution in [1.29, 1.82) is 0 Å². The van der Waals surface area contributed by atoms with Gasteiger partial charge < -0.3 is 15.1 Å². The molecule has 4 rings (SSSR count). The first kappa shape index (κ1) is 17.1. The van der Waals surface area contributed by atoms with E-state index in [1.165, 1.54) is 12.8 Å². The third kappa shape index (κ3) is 3.20. The highest BCUT2D eigenvalue weighted by atomic mass is 16.2. The van der Waals surface area contributed by atoms with E-state index in [0.29, 0.717) is 31.2 Å². The molecule has 138 valence electrons. The number of likely N-dealkylation sites (tertiary alicyclic amines) is 1. The lowest BCUT2D eigenvalue weighted by Gasteiger charge is -2.24. The van der Waals surface area contributed by atoms with E-state index >= 15 is 0 Å². The van der Waals surface area contributed by atoms with Crippen LogP contribution in [0.4, 0.5) is 11.4 Å². The van der Waals surface area contributed by atoms with E-state index < -0.39 is 0 Å². The quantitative estimate of drug-likeness (QED) is 0.902. The zero-order valence-corrected chi connectivity index (χ0v) is 14.9. The number of carbonyl (C=O) groups is 3. The minimum Gasteiger partial charge on any atom is -0.339 e. The second-order valence-corrected chi connectivity index (χ2v) is 7.54. The predicted molar refractivity (Wildman–Crippen MR) is 98.7 cm³/mol. The average Bonchev–Trinajstić information content (AvgIpc) is 3.36. The zero-order valence-electron chi connectivity index (χ0n) is 14.9. The molecule has 1 aromatic rings. The molecule has 26 heavy (non-hydrogen) atoms. The van der Waals surface area contributed by atoms with Crippen molar-refractivity contribution < 1.29 is 14.4 Å². The first-order valence-corrected chi connectivity index (χ1v) is 9.63. The van der Waals surface area contributed by atoms with Crippen LogP contribution in [0.5, 0.6) is 0 Å². The van der Waals surface area contributed by atoms with Crippen LogP contribution in [-0.2, 0) is 14.4 Å². The van der Waals surface area contributed by atoms with Crippen molar-refractivity contribution in [2.75, 3.05) is 23.3 Å². The Hall–Kier alpha value is -2.37. The highest BCUT2D eigenvalue weighted by molar-refractivity contribution is 6.03. The minimum absolute atomic E-state index is 0.0927. The maximum Gasteiger partial charge on any atom is 0.229 e. The molecule has 1 aliphatic carbocycles. The van der Waals surface area contributed by atoms with Crippen LogP contribution in [0, 0.1) is 5.92 Å². The second kappa shape index (κ2) is 7.09. The van der Waals surface area contributed by atoms with Crippen molar-refractivity contribution in [1.82, 2.24) is 4.90 Å². The van der Waals surface area contributed by atoms with Crippen LogP contribution in [0.25, 0.3) is 0 Å². The summed E-state index contributed by atoms with van der Waals surface area (Å²) in [5.41, 5.74) is 1.40. The zero-order chi connectivity index (χ0) is 18.1. The van der Waals surface area contributed by atoms with Crippen molar-refractivity contribution in [2.24, 2.45) is 5.92 Å². The lowest BCUT2D eigenvalue weighted by atomic mass is 10.1. The smallest absolute Gasteiger partial charge is 0.229 e. The van der Waals surface area contributed by atoms with Gasteiger partial charge in [-0.05, 0) is 31.4 Å². The molecule has 1 saturated carbocycles. The molecule has 2 saturated heterocycles. The number of para-hydroxylation sites is 2. The average molecular weight is 355 g/mol. The van der Waals surface area contributed by atoms with Gasteiger partial charge >= 0.3 is 0 Å². The number of anilines is 2. The number of hydrogen-bond donors (Lipinski definition) is 1. The van der Waals surface area contributed by atoms with E-state index in [-0.39, 0.29) is 30.1 Å². The predicted octanol–water partition coefficient (Wildman–Crippen LogP) is 2.54. The van der Waals surface area contributed by atoms with Crippen molar-refractivity contribution in [3.8, 4) is 0 Å². The van der Waals surface area contributed by atoms with Gasteiger partial charge in [0.05, 0.1) is 17.3 Å². The van der Waals surface area contributed by atoms with Gasteiger partial charge in [0.1, 0.15) is 0 Å². The largest absolute Gasteiger partial charge is 0.339 e. The van der Waals surface area contributed by atoms with Crippen LogP contribution in [0.15, 0.2) is 24.3 Å².